The number of rotatable bonds is 10. The average molecular weight is 643 g/mol. The van der Waals surface area contributed by atoms with Crippen LogP contribution in [-0.2, 0) is 22.4 Å². The minimum absolute atomic E-state index is 0.127. The Morgan fingerprint density at radius 3 is 1.19 bits per heavy atom. The van der Waals surface area contributed by atoms with Crippen LogP contribution in [0, 0.1) is 26.6 Å². The summed E-state index contributed by atoms with van der Waals surface area (Å²) in [5.41, 5.74) is 9.15. The number of oxazole rings is 2. The van der Waals surface area contributed by atoms with Crippen molar-refractivity contribution in [2.24, 2.45) is 0 Å². The maximum Gasteiger partial charge on any atom is 0.191 e. The minimum atomic E-state index is -0.247. The largest absolute Gasteiger partial charge is 0.445 e. The highest BCUT2D eigenvalue weighted by Gasteiger charge is 2.15. The molecule has 7 heteroatoms. The zero-order valence-corrected chi connectivity index (χ0v) is 28.0. The number of aryl methyl sites for hydroxylation is 5. The van der Waals surface area contributed by atoms with Crippen molar-refractivity contribution < 1.29 is 22.8 Å². The van der Waals surface area contributed by atoms with Gasteiger partial charge in [0.25, 0.3) is 0 Å². The Bertz CT molecular complexity index is 1840. The number of hydrogen-bond donors (Lipinski definition) is 0. The van der Waals surface area contributed by atoms with E-state index in [-0.39, 0.29) is 17.4 Å². The monoisotopic (exact) mass is 642 g/mol. The van der Waals surface area contributed by atoms with Crippen LogP contribution in [0.15, 0.2) is 106 Å². The maximum atomic E-state index is 13.0. The minimum Gasteiger partial charge on any atom is -0.445 e. The number of halogens is 1. The van der Waals surface area contributed by atoms with E-state index in [0.717, 1.165) is 45.2 Å². The van der Waals surface area contributed by atoms with Gasteiger partial charge < -0.3 is 18.4 Å². The molecule has 0 fully saturated rings. The Kier molecular flexibility index (Phi) is 10.9. The fourth-order valence-corrected chi connectivity index (χ4v) is 5.34. The van der Waals surface area contributed by atoms with Gasteiger partial charge >= 0.3 is 0 Å². The molecule has 0 saturated heterocycles. The van der Waals surface area contributed by atoms with E-state index in [1.54, 1.807) is 32.9 Å². The molecule has 0 aliphatic heterocycles. The lowest BCUT2D eigenvalue weighted by Crippen LogP contribution is -1.94. The summed E-state index contributed by atoms with van der Waals surface area (Å²) in [4.78, 5) is 31.4. The van der Waals surface area contributed by atoms with Crippen LogP contribution >= 0.6 is 0 Å². The van der Waals surface area contributed by atoms with Crippen LogP contribution in [-0.4, -0.2) is 21.5 Å². The number of nitrogens with zero attached hydrogens (tertiary/aromatic N) is 2. The highest BCUT2D eigenvalue weighted by Crippen LogP contribution is 2.30. The highest BCUT2D eigenvalue weighted by atomic mass is 19.1. The molecule has 0 bridgehead atoms. The van der Waals surface area contributed by atoms with E-state index >= 15 is 0 Å². The molecule has 244 valence electrons. The third-order valence-electron chi connectivity index (χ3n) is 7.90. The molecule has 2 aromatic heterocycles. The van der Waals surface area contributed by atoms with Gasteiger partial charge in [-0.2, -0.15) is 0 Å². The fourth-order valence-electron chi connectivity index (χ4n) is 5.34. The first-order valence-corrected chi connectivity index (χ1v) is 16.0. The lowest BCUT2D eigenvalue weighted by atomic mass is 10.0. The molecule has 6 nitrogen and oxygen atoms in total. The van der Waals surface area contributed by atoms with E-state index in [0.29, 0.717) is 37.5 Å². The molecule has 0 saturated carbocycles. The molecule has 0 spiro atoms. The molecule has 0 radical (unpaired) electrons. The zero-order valence-electron chi connectivity index (χ0n) is 28.0. The number of benzene rings is 4. The van der Waals surface area contributed by atoms with Crippen LogP contribution in [0.5, 0.6) is 0 Å². The van der Waals surface area contributed by atoms with Gasteiger partial charge in [0, 0.05) is 50.7 Å². The summed E-state index contributed by atoms with van der Waals surface area (Å²) in [7, 11) is 0. The first-order valence-electron chi connectivity index (χ1n) is 16.0. The molecule has 4 aromatic carbocycles. The number of carbonyl (C=O) groups excluding carboxylic acids is 2. The predicted molar refractivity (Wildman–Crippen MR) is 187 cm³/mol. The number of ketones is 2. The van der Waals surface area contributed by atoms with Crippen molar-refractivity contribution >= 4 is 11.6 Å². The van der Waals surface area contributed by atoms with Gasteiger partial charge in [-0.05, 0) is 55.2 Å². The maximum absolute atomic E-state index is 13.0. The summed E-state index contributed by atoms with van der Waals surface area (Å²) in [5, 5.41) is 0. The van der Waals surface area contributed by atoms with Gasteiger partial charge in [0.2, 0.25) is 0 Å². The SMILES string of the molecule is CC(=O)CCc1oc(C)nc1-c1ccc(-c2ccc(C)cc2)cc1.CC(=O)CCc1oc(C)nc1-c1ccc(-c2ccc(F)cc2)cc1. The molecule has 48 heavy (non-hydrogen) atoms. The number of Topliss-reactive ketones (excluding diaryl/α,β-unsaturated/α-hetero) is 2. The van der Waals surface area contributed by atoms with Crippen LogP contribution in [0.25, 0.3) is 44.8 Å². The van der Waals surface area contributed by atoms with E-state index in [2.05, 4.69) is 65.4 Å². The molecule has 6 aromatic rings. The van der Waals surface area contributed by atoms with Gasteiger partial charge in [0.1, 0.15) is 40.3 Å². The van der Waals surface area contributed by atoms with Gasteiger partial charge in [-0.1, -0.05) is 90.5 Å². The lowest BCUT2D eigenvalue weighted by molar-refractivity contribution is -0.117. The standard InChI is InChI=1S/C21H21NO2.C20H18FNO2/c1-14-4-7-17(8-5-14)18-9-11-19(12-10-18)21-20(13-6-15(2)23)24-16(3)22-21;1-13(23)3-12-19-20(22-14(2)24-19)17-6-4-15(5-7-17)16-8-10-18(21)11-9-16/h4-5,7-12H,6,13H2,1-3H3;4-11H,3,12H2,1-2H3. The Morgan fingerprint density at radius 1 is 0.521 bits per heavy atom. The molecule has 0 amide bonds. The number of carbonyl (C=O) groups is 2. The highest BCUT2D eigenvalue weighted by molar-refractivity contribution is 5.77. The van der Waals surface area contributed by atoms with Crippen molar-refractivity contribution in [3.05, 3.63) is 132 Å². The zero-order chi connectivity index (χ0) is 34.2. The summed E-state index contributed by atoms with van der Waals surface area (Å²) in [6.45, 7) is 8.89. The summed E-state index contributed by atoms with van der Waals surface area (Å²) in [6.07, 6.45) is 2.05. The average Bonchev–Trinajstić information content (AvgIpc) is 3.65. The molecular formula is C41H39FN2O4. The summed E-state index contributed by atoms with van der Waals surface area (Å²) in [6, 6.07) is 31.1. The van der Waals surface area contributed by atoms with Crippen molar-refractivity contribution in [3.63, 3.8) is 0 Å². The molecule has 0 aliphatic carbocycles. The summed E-state index contributed by atoms with van der Waals surface area (Å²) in [5.74, 6) is 2.77. The smallest absolute Gasteiger partial charge is 0.191 e. The predicted octanol–water partition coefficient (Wildman–Crippen LogP) is 10.1. The van der Waals surface area contributed by atoms with Gasteiger partial charge in [-0.3, -0.25) is 0 Å². The van der Waals surface area contributed by atoms with Crippen LogP contribution in [0.3, 0.4) is 0 Å². The van der Waals surface area contributed by atoms with Crippen molar-refractivity contribution in [3.8, 4) is 44.8 Å². The van der Waals surface area contributed by atoms with Gasteiger partial charge in [0.15, 0.2) is 11.8 Å². The normalized spacial score (nSPS) is 10.8. The van der Waals surface area contributed by atoms with Crippen molar-refractivity contribution in [2.45, 2.75) is 60.3 Å². The second-order valence-electron chi connectivity index (χ2n) is 11.9. The summed E-state index contributed by atoms with van der Waals surface area (Å²) >= 11 is 0. The van der Waals surface area contributed by atoms with Crippen LogP contribution in [0.2, 0.25) is 0 Å². The molecule has 0 unspecified atom stereocenters. The van der Waals surface area contributed by atoms with Crippen molar-refractivity contribution in [2.75, 3.05) is 0 Å². The van der Waals surface area contributed by atoms with Gasteiger partial charge in [-0.15, -0.1) is 0 Å². The first-order chi connectivity index (χ1) is 23.0. The Morgan fingerprint density at radius 2 is 0.833 bits per heavy atom. The van der Waals surface area contributed by atoms with Crippen LogP contribution < -0.4 is 0 Å². The van der Waals surface area contributed by atoms with Gasteiger partial charge in [0.05, 0.1) is 0 Å². The quantitative estimate of drug-likeness (QED) is 0.148. The molecule has 0 aliphatic rings. The summed E-state index contributed by atoms with van der Waals surface area (Å²) < 4.78 is 24.3. The second-order valence-corrected chi connectivity index (χ2v) is 11.9. The molecule has 6 rings (SSSR count). The molecule has 2 heterocycles. The van der Waals surface area contributed by atoms with Crippen LogP contribution in [0.4, 0.5) is 4.39 Å². The molecule has 0 N–H and O–H groups in total. The van der Waals surface area contributed by atoms with E-state index in [1.807, 2.05) is 31.2 Å². The van der Waals surface area contributed by atoms with Crippen molar-refractivity contribution in [1.82, 2.24) is 9.97 Å². The topological polar surface area (TPSA) is 86.2 Å². The Balaban J connectivity index is 0.000000188. The lowest BCUT2D eigenvalue weighted by Gasteiger charge is -2.05. The number of aromatic nitrogens is 2. The first kappa shape index (κ1) is 33.9. The Hall–Kier alpha value is -5.43. The third kappa shape index (κ3) is 8.88. The van der Waals surface area contributed by atoms with E-state index < -0.39 is 0 Å². The van der Waals surface area contributed by atoms with Crippen molar-refractivity contribution in [1.29, 1.82) is 0 Å². The van der Waals surface area contributed by atoms with E-state index in [1.165, 1.54) is 28.8 Å². The molecular weight excluding hydrogens is 603 g/mol. The Labute approximate surface area is 280 Å². The number of hydrogen-bond acceptors (Lipinski definition) is 6. The fraction of sp³-hybridized carbons (Fsp3) is 0.220. The van der Waals surface area contributed by atoms with Gasteiger partial charge in [-0.25, -0.2) is 14.4 Å². The van der Waals surface area contributed by atoms with Crippen LogP contribution in [0.1, 0.15) is 55.6 Å². The van der Waals surface area contributed by atoms with E-state index in [9.17, 15) is 14.0 Å². The third-order valence-corrected chi connectivity index (χ3v) is 7.90. The molecule has 0 atom stereocenters. The second kappa shape index (κ2) is 15.4. The van der Waals surface area contributed by atoms with E-state index in [4.69, 9.17) is 8.83 Å².